The summed E-state index contributed by atoms with van der Waals surface area (Å²) in [6.45, 7) is 2.77. The zero-order chi connectivity index (χ0) is 13.3. The van der Waals surface area contributed by atoms with E-state index in [-0.39, 0.29) is 23.8 Å². The molecule has 0 saturated carbocycles. The molecule has 2 unspecified atom stereocenters. The highest BCUT2D eigenvalue weighted by molar-refractivity contribution is 9.10. The molecule has 1 aromatic carbocycles. The van der Waals surface area contributed by atoms with E-state index in [0.29, 0.717) is 4.47 Å². The van der Waals surface area contributed by atoms with E-state index in [0.717, 1.165) is 18.5 Å². The highest BCUT2D eigenvalue weighted by Gasteiger charge is 2.29. The Kier molecular flexibility index (Phi) is 4.02. The Morgan fingerprint density at radius 3 is 2.83 bits per heavy atom. The molecule has 0 bridgehead atoms. The van der Waals surface area contributed by atoms with Crippen molar-refractivity contribution in [2.24, 2.45) is 0 Å². The van der Waals surface area contributed by atoms with Gasteiger partial charge in [-0.1, -0.05) is 6.07 Å². The molecule has 98 valence electrons. The lowest BCUT2D eigenvalue weighted by molar-refractivity contribution is -0.128. The van der Waals surface area contributed by atoms with Crippen molar-refractivity contribution < 1.29 is 9.18 Å². The number of benzene rings is 1. The van der Waals surface area contributed by atoms with Crippen LogP contribution in [0.15, 0.2) is 22.7 Å². The minimum atomic E-state index is -0.275. The summed E-state index contributed by atoms with van der Waals surface area (Å²) in [6.07, 6.45) is 0.821. The number of likely N-dealkylation sites (tertiary alicyclic amines) is 1. The standard InChI is InChI=1S/C13H16BrFN2O/c1-8(9-3-4-11(15)10(14)7-9)16-12-5-6-17(2)13(12)18/h3-4,7-8,12,16H,5-6H2,1-2H3. The van der Waals surface area contributed by atoms with Crippen molar-refractivity contribution in [3.63, 3.8) is 0 Å². The van der Waals surface area contributed by atoms with E-state index in [9.17, 15) is 9.18 Å². The van der Waals surface area contributed by atoms with Crippen LogP contribution in [0, 0.1) is 5.82 Å². The smallest absolute Gasteiger partial charge is 0.239 e. The monoisotopic (exact) mass is 314 g/mol. The van der Waals surface area contributed by atoms with Gasteiger partial charge in [0.2, 0.25) is 5.91 Å². The number of nitrogens with one attached hydrogen (secondary N) is 1. The van der Waals surface area contributed by atoms with E-state index in [1.165, 1.54) is 6.07 Å². The molecule has 0 aromatic heterocycles. The molecule has 1 aliphatic heterocycles. The fraction of sp³-hybridized carbons (Fsp3) is 0.462. The van der Waals surface area contributed by atoms with Crippen molar-refractivity contribution in [1.29, 1.82) is 0 Å². The van der Waals surface area contributed by atoms with Gasteiger partial charge in [0.05, 0.1) is 10.5 Å². The third-order valence-electron chi connectivity index (χ3n) is 3.32. The molecule has 1 aromatic rings. The molecule has 2 atom stereocenters. The average Bonchev–Trinajstić information content (AvgIpc) is 2.64. The summed E-state index contributed by atoms with van der Waals surface area (Å²) in [7, 11) is 1.81. The molecule has 2 rings (SSSR count). The van der Waals surface area contributed by atoms with Gasteiger partial charge in [-0.25, -0.2) is 4.39 Å². The Morgan fingerprint density at radius 1 is 1.56 bits per heavy atom. The number of carbonyl (C=O) groups is 1. The first-order valence-corrected chi connectivity index (χ1v) is 6.74. The fourth-order valence-electron chi connectivity index (χ4n) is 2.16. The molecule has 0 aliphatic carbocycles. The van der Waals surface area contributed by atoms with Crippen LogP contribution in [-0.4, -0.2) is 30.4 Å². The molecule has 1 heterocycles. The lowest BCUT2D eigenvalue weighted by Crippen LogP contribution is -2.38. The number of halogens is 2. The second kappa shape index (κ2) is 5.36. The minimum Gasteiger partial charge on any atom is -0.344 e. The largest absolute Gasteiger partial charge is 0.344 e. The Hall–Kier alpha value is -0.940. The maximum absolute atomic E-state index is 13.2. The zero-order valence-electron chi connectivity index (χ0n) is 10.4. The predicted molar refractivity (Wildman–Crippen MR) is 71.7 cm³/mol. The number of hydrogen-bond donors (Lipinski definition) is 1. The third kappa shape index (κ3) is 2.72. The van der Waals surface area contributed by atoms with E-state index in [4.69, 9.17) is 0 Å². The van der Waals surface area contributed by atoms with Crippen LogP contribution in [0.2, 0.25) is 0 Å². The molecule has 1 fully saturated rings. The van der Waals surface area contributed by atoms with E-state index < -0.39 is 0 Å². The summed E-state index contributed by atoms with van der Waals surface area (Å²) >= 11 is 3.17. The zero-order valence-corrected chi connectivity index (χ0v) is 12.0. The average molecular weight is 315 g/mol. The van der Waals surface area contributed by atoms with Gasteiger partial charge in [0.25, 0.3) is 0 Å². The van der Waals surface area contributed by atoms with Gasteiger partial charge in [0.1, 0.15) is 5.82 Å². The van der Waals surface area contributed by atoms with Crippen LogP contribution in [0.3, 0.4) is 0 Å². The summed E-state index contributed by atoms with van der Waals surface area (Å²) < 4.78 is 13.6. The van der Waals surface area contributed by atoms with E-state index >= 15 is 0 Å². The second-order valence-corrected chi connectivity index (χ2v) is 5.52. The van der Waals surface area contributed by atoms with Gasteiger partial charge in [-0.3, -0.25) is 10.1 Å². The first-order valence-electron chi connectivity index (χ1n) is 5.95. The van der Waals surface area contributed by atoms with E-state index in [1.807, 2.05) is 14.0 Å². The Bertz CT molecular complexity index is 466. The predicted octanol–water partition coefficient (Wildman–Crippen LogP) is 2.47. The third-order valence-corrected chi connectivity index (χ3v) is 3.93. The first kappa shape index (κ1) is 13.5. The van der Waals surface area contributed by atoms with Crippen LogP contribution < -0.4 is 5.32 Å². The lowest BCUT2D eigenvalue weighted by Gasteiger charge is -2.19. The summed E-state index contributed by atoms with van der Waals surface area (Å²) in [5.74, 6) is -0.148. The number of carbonyl (C=O) groups excluding carboxylic acids is 1. The SMILES string of the molecule is CC(NC1CCN(C)C1=O)c1ccc(F)c(Br)c1. The molecule has 5 heteroatoms. The molecule has 0 radical (unpaired) electrons. The second-order valence-electron chi connectivity index (χ2n) is 4.66. The number of amides is 1. The summed E-state index contributed by atoms with van der Waals surface area (Å²) in [5, 5.41) is 3.29. The van der Waals surface area contributed by atoms with Gasteiger partial charge in [0, 0.05) is 19.6 Å². The summed E-state index contributed by atoms with van der Waals surface area (Å²) in [4.78, 5) is 13.5. The van der Waals surface area contributed by atoms with Gasteiger partial charge in [-0.15, -0.1) is 0 Å². The highest BCUT2D eigenvalue weighted by atomic mass is 79.9. The number of nitrogens with zero attached hydrogens (tertiary/aromatic N) is 1. The summed E-state index contributed by atoms with van der Waals surface area (Å²) in [5.41, 5.74) is 0.964. The van der Waals surface area contributed by atoms with Gasteiger partial charge in [0.15, 0.2) is 0 Å². The molecular weight excluding hydrogens is 299 g/mol. The van der Waals surface area contributed by atoms with Crippen molar-refractivity contribution in [3.8, 4) is 0 Å². The topological polar surface area (TPSA) is 32.3 Å². The molecule has 1 aliphatic rings. The quantitative estimate of drug-likeness (QED) is 0.929. The molecule has 18 heavy (non-hydrogen) atoms. The van der Waals surface area contributed by atoms with Gasteiger partial charge in [-0.2, -0.15) is 0 Å². The number of rotatable bonds is 3. The minimum absolute atomic E-state index is 0.0161. The van der Waals surface area contributed by atoms with Crippen LogP contribution in [0.5, 0.6) is 0 Å². The maximum Gasteiger partial charge on any atom is 0.239 e. The van der Waals surface area contributed by atoms with Crippen LogP contribution in [0.4, 0.5) is 4.39 Å². The van der Waals surface area contributed by atoms with Crippen LogP contribution in [0.1, 0.15) is 24.9 Å². The molecule has 1 N–H and O–H groups in total. The van der Waals surface area contributed by atoms with Crippen molar-refractivity contribution in [3.05, 3.63) is 34.1 Å². The van der Waals surface area contributed by atoms with Crippen molar-refractivity contribution in [1.82, 2.24) is 10.2 Å². The van der Waals surface area contributed by atoms with E-state index in [1.54, 1.807) is 17.0 Å². The summed E-state index contributed by atoms with van der Waals surface area (Å²) in [6, 6.07) is 4.80. The van der Waals surface area contributed by atoms with Crippen molar-refractivity contribution in [2.45, 2.75) is 25.4 Å². The first-order chi connectivity index (χ1) is 8.49. The van der Waals surface area contributed by atoms with Crippen molar-refractivity contribution >= 4 is 21.8 Å². The van der Waals surface area contributed by atoms with E-state index in [2.05, 4.69) is 21.2 Å². The number of hydrogen-bond acceptors (Lipinski definition) is 2. The Labute approximate surface area is 114 Å². The molecule has 1 saturated heterocycles. The molecular formula is C13H16BrFN2O. The highest BCUT2D eigenvalue weighted by Crippen LogP contribution is 2.22. The van der Waals surface area contributed by atoms with Crippen LogP contribution >= 0.6 is 15.9 Å². The van der Waals surface area contributed by atoms with Gasteiger partial charge >= 0.3 is 0 Å². The molecule has 3 nitrogen and oxygen atoms in total. The number of likely N-dealkylation sites (N-methyl/N-ethyl adjacent to an activating group) is 1. The Morgan fingerprint density at radius 2 is 2.28 bits per heavy atom. The van der Waals surface area contributed by atoms with Gasteiger partial charge < -0.3 is 4.90 Å². The molecule has 1 amide bonds. The molecule has 0 spiro atoms. The van der Waals surface area contributed by atoms with Crippen LogP contribution in [0.25, 0.3) is 0 Å². The van der Waals surface area contributed by atoms with Crippen LogP contribution in [-0.2, 0) is 4.79 Å². The normalized spacial score (nSPS) is 21.4. The van der Waals surface area contributed by atoms with Gasteiger partial charge in [-0.05, 0) is 47.0 Å². The Balaban J connectivity index is 2.05. The fourth-order valence-corrected chi connectivity index (χ4v) is 2.55. The maximum atomic E-state index is 13.2. The lowest BCUT2D eigenvalue weighted by atomic mass is 10.1. The van der Waals surface area contributed by atoms with Crippen molar-refractivity contribution in [2.75, 3.05) is 13.6 Å².